The molecule has 28 heavy (non-hydrogen) atoms. The molecule has 2 heterocycles. The molecule has 0 unspecified atom stereocenters. The number of benzene rings is 1. The second kappa shape index (κ2) is 8.25. The fraction of sp³-hybridized carbons (Fsp3) is 0.273. The predicted molar refractivity (Wildman–Crippen MR) is 105 cm³/mol. The number of rotatable bonds is 8. The lowest BCUT2D eigenvalue weighted by Gasteiger charge is -2.11. The highest BCUT2D eigenvalue weighted by atomic mass is 19.1. The van der Waals surface area contributed by atoms with Gasteiger partial charge in [0.15, 0.2) is 5.78 Å². The van der Waals surface area contributed by atoms with Gasteiger partial charge in [0.2, 0.25) is 0 Å². The van der Waals surface area contributed by atoms with E-state index in [0.717, 1.165) is 35.8 Å². The number of ketones is 1. The van der Waals surface area contributed by atoms with Crippen molar-refractivity contribution in [1.29, 1.82) is 0 Å². The van der Waals surface area contributed by atoms with E-state index in [1.807, 2.05) is 0 Å². The SMILES string of the molecule is O=C(Cc1ccncc1Nc1ccc(F)cc1)c1cnc(CCC2CC2)nc1. The van der Waals surface area contributed by atoms with Crippen LogP contribution in [-0.2, 0) is 12.8 Å². The number of anilines is 2. The normalized spacial score (nSPS) is 13.3. The van der Waals surface area contributed by atoms with E-state index in [1.54, 1.807) is 43.0 Å². The number of carbonyl (C=O) groups is 1. The molecular weight excluding hydrogens is 355 g/mol. The number of nitrogens with one attached hydrogen (secondary N) is 1. The number of aryl methyl sites for hydroxylation is 1. The quantitative estimate of drug-likeness (QED) is 0.585. The second-order valence-electron chi connectivity index (χ2n) is 7.13. The van der Waals surface area contributed by atoms with E-state index in [4.69, 9.17) is 0 Å². The summed E-state index contributed by atoms with van der Waals surface area (Å²) in [6, 6.07) is 7.84. The van der Waals surface area contributed by atoms with Crippen LogP contribution in [0.4, 0.5) is 15.8 Å². The number of nitrogens with zero attached hydrogens (tertiary/aromatic N) is 3. The molecule has 0 atom stereocenters. The number of Topliss-reactive ketones (excluding diaryl/α,β-unsaturated/α-hetero) is 1. The first-order chi connectivity index (χ1) is 13.7. The van der Waals surface area contributed by atoms with Crippen LogP contribution in [0.2, 0.25) is 0 Å². The molecule has 1 N–H and O–H groups in total. The Labute approximate surface area is 163 Å². The molecule has 0 spiro atoms. The maximum atomic E-state index is 13.1. The summed E-state index contributed by atoms with van der Waals surface area (Å²) in [5, 5.41) is 3.19. The van der Waals surface area contributed by atoms with Crippen molar-refractivity contribution in [2.24, 2.45) is 5.92 Å². The number of carbonyl (C=O) groups excluding carboxylic acids is 1. The number of halogens is 1. The lowest BCUT2D eigenvalue weighted by atomic mass is 10.0. The van der Waals surface area contributed by atoms with E-state index in [0.29, 0.717) is 11.3 Å². The zero-order valence-corrected chi connectivity index (χ0v) is 15.4. The molecule has 3 aromatic rings. The third kappa shape index (κ3) is 4.76. The lowest BCUT2D eigenvalue weighted by Crippen LogP contribution is -2.08. The first-order valence-electron chi connectivity index (χ1n) is 9.47. The lowest BCUT2D eigenvalue weighted by molar-refractivity contribution is 0.0992. The molecule has 0 aliphatic heterocycles. The number of hydrogen-bond acceptors (Lipinski definition) is 5. The molecule has 1 fully saturated rings. The van der Waals surface area contributed by atoms with Crippen molar-refractivity contribution in [2.45, 2.75) is 32.1 Å². The molecule has 0 bridgehead atoms. The van der Waals surface area contributed by atoms with Gasteiger partial charge in [-0.05, 0) is 48.2 Å². The van der Waals surface area contributed by atoms with Crippen LogP contribution in [0.3, 0.4) is 0 Å². The zero-order chi connectivity index (χ0) is 19.3. The first kappa shape index (κ1) is 18.2. The molecular formula is C22H21FN4O. The Morgan fingerprint density at radius 1 is 1.07 bits per heavy atom. The van der Waals surface area contributed by atoms with Gasteiger partial charge in [0.1, 0.15) is 11.6 Å². The largest absolute Gasteiger partial charge is 0.354 e. The predicted octanol–water partition coefficient (Wildman–Crippen LogP) is 4.52. The van der Waals surface area contributed by atoms with Crippen LogP contribution in [-0.4, -0.2) is 20.7 Å². The second-order valence-corrected chi connectivity index (χ2v) is 7.13. The van der Waals surface area contributed by atoms with Gasteiger partial charge in [0.25, 0.3) is 0 Å². The summed E-state index contributed by atoms with van der Waals surface area (Å²) in [6.45, 7) is 0. The Bertz CT molecular complexity index is 953. The molecule has 6 heteroatoms. The van der Waals surface area contributed by atoms with Crippen molar-refractivity contribution >= 4 is 17.2 Å². The fourth-order valence-corrected chi connectivity index (χ4v) is 3.02. The summed E-state index contributed by atoms with van der Waals surface area (Å²) >= 11 is 0. The average Bonchev–Trinajstić information content (AvgIpc) is 3.54. The fourth-order valence-electron chi connectivity index (χ4n) is 3.02. The van der Waals surface area contributed by atoms with E-state index in [-0.39, 0.29) is 18.0 Å². The molecule has 1 aliphatic carbocycles. The van der Waals surface area contributed by atoms with Crippen molar-refractivity contribution in [3.63, 3.8) is 0 Å². The minimum Gasteiger partial charge on any atom is -0.354 e. The number of pyridine rings is 1. The van der Waals surface area contributed by atoms with Gasteiger partial charge in [-0.2, -0.15) is 0 Å². The molecule has 0 saturated heterocycles. The summed E-state index contributed by atoms with van der Waals surface area (Å²) in [4.78, 5) is 25.5. The standard InChI is InChI=1S/C22H21FN4O/c23-18-4-6-19(7-5-18)27-20-14-24-10-9-16(20)11-21(28)17-12-25-22(26-13-17)8-3-15-1-2-15/h4-7,9-10,12-15,27H,1-3,8,11H2. The van der Waals surface area contributed by atoms with Crippen molar-refractivity contribution in [2.75, 3.05) is 5.32 Å². The van der Waals surface area contributed by atoms with Crippen molar-refractivity contribution < 1.29 is 9.18 Å². The topological polar surface area (TPSA) is 67.8 Å². The molecule has 0 amide bonds. The Morgan fingerprint density at radius 3 is 2.54 bits per heavy atom. The molecule has 1 aromatic carbocycles. The van der Waals surface area contributed by atoms with Crippen molar-refractivity contribution in [3.05, 3.63) is 77.9 Å². The van der Waals surface area contributed by atoms with Crippen LogP contribution >= 0.6 is 0 Å². The first-order valence-corrected chi connectivity index (χ1v) is 9.47. The summed E-state index contributed by atoms with van der Waals surface area (Å²) in [5.41, 5.74) is 2.75. The van der Waals surface area contributed by atoms with Crippen molar-refractivity contribution in [3.8, 4) is 0 Å². The minimum absolute atomic E-state index is 0.0536. The summed E-state index contributed by atoms with van der Waals surface area (Å²) < 4.78 is 13.1. The molecule has 4 rings (SSSR count). The zero-order valence-electron chi connectivity index (χ0n) is 15.4. The van der Waals surface area contributed by atoms with Crippen LogP contribution in [0.1, 0.15) is 41.0 Å². The third-order valence-corrected chi connectivity index (χ3v) is 4.89. The molecule has 1 aliphatic rings. The van der Waals surface area contributed by atoms with Crippen LogP contribution < -0.4 is 5.32 Å². The monoisotopic (exact) mass is 376 g/mol. The van der Waals surface area contributed by atoms with E-state index in [9.17, 15) is 9.18 Å². The average molecular weight is 376 g/mol. The molecule has 5 nitrogen and oxygen atoms in total. The Balaban J connectivity index is 1.43. The molecule has 1 saturated carbocycles. The summed E-state index contributed by atoms with van der Waals surface area (Å²) in [6.07, 6.45) is 11.4. The van der Waals surface area contributed by atoms with Gasteiger partial charge in [-0.15, -0.1) is 0 Å². The molecule has 2 aromatic heterocycles. The van der Waals surface area contributed by atoms with Crippen LogP contribution in [0.5, 0.6) is 0 Å². The van der Waals surface area contributed by atoms with Gasteiger partial charge in [-0.3, -0.25) is 9.78 Å². The Morgan fingerprint density at radius 2 is 1.82 bits per heavy atom. The van der Waals surface area contributed by atoms with E-state index in [2.05, 4.69) is 20.3 Å². The Kier molecular flexibility index (Phi) is 5.37. The van der Waals surface area contributed by atoms with Gasteiger partial charge in [-0.1, -0.05) is 12.8 Å². The highest BCUT2D eigenvalue weighted by Crippen LogP contribution is 2.33. The maximum Gasteiger partial charge on any atom is 0.170 e. The smallest absolute Gasteiger partial charge is 0.170 e. The number of aromatic nitrogens is 3. The van der Waals surface area contributed by atoms with E-state index >= 15 is 0 Å². The highest BCUT2D eigenvalue weighted by Gasteiger charge is 2.21. The van der Waals surface area contributed by atoms with Gasteiger partial charge in [-0.25, -0.2) is 14.4 Å². The van der Waals surface area contributed by atoms with E-state index < -0.39 is 0 Å². The van der Waals surface area contributed by atoms with Gasteiger partial charge in [0, 0.05) is 37.1 Å². The summed E-state index contributed by atoms with van der Waals surface area (Å²) in [5.74, 6) is 1.28. The van der Waals surface area contributed by atoms with Crippen LogP contribution in [0, 0.1) is 11.7 Å². The van der Waals surface area contributed by atoms with Gasteiger partial charge >= 0.3 is 0 Å². The molecule has 142 valence electrons. The molecule has 0 radical (unpaired) electrons. The van der Waals surface area contributed by atoms with Crippen molar-refractivity contribution in [1.82, 2.24) is 15.0 Å². The Hall–Kier alpha value is -3.15. The number of hydrogen-bond donors (Lipinski definition) is 1. The van der Waals surface area contributed by atoms with Gasteiger partial charge < -0.3 is 5.32 Å². The van der Waals surface area contributed by atoms with Crippen LogP contribution in [0.25, 0.3) is 0 Å². The highest BCUT2D eigenvalue weighted by molar-refractivity contribution is 5.97. The van der Waals surface area contributed by atoms with Crippen LogP contribution in [0.15, 0.2) is 55.1 Å². The minimum atomic E-state index is -0.298. The van der Waals surface area contributed by atoms with Gasteiger partial charge in [0.05, 0.1) is 17.4 Å². The van der Waals surface area contributed by atoms with E-state index in [1.165, 1.54) is 25.0 Å². The summed E-state index contributed by atoms with van der Waals surface area (Å²) in [7, 11) is 0. The third-order valence-electron chi connectivity index (χ3n) is 4.89. The maximum absolute atomic E-state index is 13.1.